The average molecular weight is 355 g/mol. The molecule has 3 aliphatic rings. The first-order chi connectivity index (χ1) is 12.1. The second-order valence-corrected chi connectivity index (χ2v) is 8.02. The monoisotopic (exact) mass is 354 g/mol. The molecule has 0 saturated heterocycles. The van der Waals surface area contributed by atoms with E-state index in [0.717, 1.165) is 21.8 Å². The molecule has 2 aromatic carbocycles. The number of nitrogens with one attached hydrogen (secondary N) is 1. The van der Waals surface area contributed by atoms with Crippen molar-refractivity contribution >= 4 is 23.0 Å². The molecule has 25 heavy (non-hydrogen) atoms. The molecule has 5 atom stereocenters. The van der Waals surface area contributed by atoms with Gasteiger partial charge in [-0.1, -0.05) is 29.8 Å². The van der Waals surface area contributed by atoms with Gasteiger partial charge in [0.2, 0.25) is 0 Å². The summed E-state index contributed by atoms with van der Waals surface area (Å²) >= 11 is 6.51. The first-order valence-electron chi connectivity index (χ1n) is 8.93. The third-order valence-electron chi connectivity index (χ3n) is 6.52. The molecule has 5 heteroatoms. The van der Waals surface area contributed by atoms with Crippen LogP contribution in [0.25, 0.3) is 0 Å². The summed E-state index contributed by atoms with van der Waals surface area (Å²) < 4.78 is 0. The fourth-order valence-electron chi connectivity index (χ4n) is 5.62. The summed E-state index contributed by atoms with van der Waals surface area (Å²) in [5.74, 6) is 2.18. The number of anilines is 1. The van der Waals surface area contributed by atoms with Crippen LogP contribution < -0.4 is 5.32 Å². The SMILES string of the molecule is O=[N+]([O-])c1ccc2c(c1)[C@@H]1[C@H]3CC[C@@H](C3)[C@H]1[C@@H](c1ccccc1Cl)N2. The smallest absolute Gasteiger partial charge is 0.269 e. The first kappa shape index (κ1) is 15.2. The minimum absolute atomic E-state index is 0.183. The van der Waals surface area contributed by atoms with E-state index in [0.29, 0.717) is 23.7 Å². The molecule has 1 N–H and O–H groups in total. The van der Waals surface area contributed by atoms with Crippen LogP contribution in [0.4, 0.5) is 11.4 Å². The molecule has 1 aliphatic heterocycles. The van der Waals surface area contributed by atoms with Crippen molar-refractivity contribution in [2.24, 2.45) is 17.8 Å². The second-order valence-electron chi connectivity index (χ2n) is 7.61. The predicted molar refractivity (Wildman–Crippen MR) is 98.0 cm³/mol. The highest BCUT2D eigenvalue weighted by atomic mass is 35.5. The summed E-state index contributed by atoms with van der Waals surface area (Å²) in [4.78, 5) is 10.9. The number of nitrogens with zero attached hydrogens (tertiary/aromatic N) is 1. The van der Waals surface area contributed by atoms with E-state index in [1.807, 2.05) is 24.3 Å². The molecule has 2 saturated carbocycles. The largest absolute Gasteiger partial charge is 0.378 e. The number of non-ortho nitro benzene ring substituents is 1. The van der Waals surface area contributed by atoms with Gasteiger partial charge in [0, 0.05) is 22.8 Å². The van der Waals surface area contributed by atoms with Crippen molar-refractivity contribution in [3.05, 3.63) is 68.7 Å². The van der Waals surface area contributed by atoms with Crippen LogP contribution in [0, 0.1) is 27.9 Å². The van der Waals surface area contributed by atoms with Gasteiger partial charge in [0.15, 0.2) is 0 Å². The van der Waals surface area contributed by atoms with Crippen LogP contribution in [0.5, 0.6) is 0 Å². The number of halogens is 1. The third-order valence-corrected chi connectivity index (χ3v) is 6.87. The van der Waals surface area contributed by atoms with Crippen molar-refractivity contribution in [3.8, 4) is 0 Å². The number of rotatable bonds is 2. The van der Waals surface area contributed by atoms with Crippen LogP contribution in [0.2, 0.25) is 5.02 Å². The Kier molecular flexibility index (Phi) is 3.32. The van der Waals surface area contributed by atoms with Crippen LogP contribution >= 0.6 is 11.6 Å². The second kappa shape index (κ2) is 5.46. The molecule has 0 amide bonds. The molecular weight excluding hydrogens is 336 g/mol. The molecule has 4 nitrogen and oxygen atoms in total. The van der Waals surface area contributed by atoms with Gasteiger partial charge in [-0.15, -0.1) is 0 Å². The molecule has 2 aliphatic carbocycles. The van der Waals surface area contributed by atoms with Crippen LogP contribution in [0.15, 0.2) is 42.5 Å². The zero-order chi connectivity index (χ0) is 17.1. The molecule has 0 radical (unpaired) electrons. The van der Waals surface area contributed by atoms with Gasteiger partial charge < -0.3 is 5.32 Å². The lowest BCUT2D eigenvalue weighted by atomic mass is 9.68. The Morgan fingerprint density at radius 2 is 1.88 bits per heavy atom. The minimum atomic E-state index is -0.289. The highest BCUT2D eigenvalue weighted by Crippen LogP contribution is 2.64. The maximum atomic E-state index is 11.2. The Morgan fingerprint density at radius 3 is 2.68 bits per heavy atom. The number of nitro groups is 1. The van der Waals surface area contributed by atoms with Crippen LogP contribution in [0.3, 0.4) is 0 Å². The number of hydrogen-bond acceptors (Lipinski definition) is 3. The van der Waals surface area contributed by atoms with Crippen molar-refractivity contribution in [2.45, 2.75) is 31.2 Å². The molecular formula is C20H19ClN2O2. The zero-order valence-corrected chi connectivity index (χ0v) is 14.4. The summed E-state index contributed by atoms with van der Waals surface area (Å²) in [6.45, 7) is 0. The van der Waals surface area contributed by atoms with Crippen molar-refractivity contribution in [1.29, 1.82) is 0 Å². The molecule has 2 aromatic rings. The van der Waals surface area contributed by atoms with E-state index in [1.54, 1.807) is 12.1 Å². The van der Waals surface area contributed by atoms with E-state index in [4.69, 9.17) is 11.6 Å². The summed E-state index contributed by atoms with van der Waals surface area (Å²) in [6.07, 6.45) is 3.74. The third kappa shape index (κ3) is 2.20. The quantitative estimate of drug-likeness (QED) is 0.568. The first-order valence-corrected chi connectivity index (χ1v) is 9.30. The normalized spacial score (nSPS) is 32.0. The Morgan fingerprint density at radius 1 is 1.08 bits per heavy atom. The van der Waals surface area contributed by atoms with Crippen molar-refractivity contribution in [2.75, 3.05) is 5.32 Å². The molecule has 0 aromatic heterocycles. The predicted octanol–water partition coefficient (Wildman–Crippen LogP) is 5.54. The fraction of sp³-hybridized carbons (Fsp3) is 0.400. The Bertz CT molecular complexity index is 869. The van der Waals surface area contributed by atoms with E-state index in [9.17, 15) is 10.1 Å². The van der Waals surface area contributed by atoms with Crippen molar-refractivity contribution in [3.63, 3.8) is 0 Å². The lowest BCUT2D eigenvalue weighted by Crippen LogP contribution is -2.35. The minimum Gasteiger partial charge on any atom is -0.378 e. The molecule has 2 bridgehead atoms. The van der Waals surface area contributed by atoms with Crippen molar-refractivity contribution < 1.29 is 4.92 Å². The van der Waals surface area contributed by atoms with E-state index in [-0.39, 0.29) is 16.7 Å². The summed E-state index contributed by atoms with van der Waals surface area (Å²) in [7, 11) is 0. The van der Waals surface area contributed by atoms with Gasteiger partial charge in [0.25, 0.3) is 5.69 Å². The highest BCUT2D eigenvalue weighted by molar-refractivity contribution is 6.31. The Balaban J connectivity index is 1.65. The Hall–Kier alpha value is -2.07. The van der Waals surface area contributed by atoms with Gasteiger partial charge in [0.05, 0.1) is 11.0 Å². The van der Waals surface area contributed by atoms with Gasteiger partial charge in [-0.25, -0.2) is 0 Å². The molecule has 0 spiro atoms. The molecule has 2 fully saturated rings. The number of nitro benzene ring substituents is 1. The van der Waals surface area contributed by atoms with Gasteiger partial charge in [-0.2, -0.15) is 0 Å². The van der Waals surface area contributed by atoms with Crippen LogP contribution in [-0.4, -0.2) is 4.92 Å². The average Bonchev–Trinajstić information content (AvgIpc) is 3.23. The summed E-state index contributed by atoms with van der Waals surface area (Å²) in [5, 5.41) is 15.7. The maximum absolute atomic E-state index is 11.2. The molecule has 5 rings (SSSR count). The van der Waals surface area contributed by atoms with E-state index in [2.05, 4.69) is 11.4 Å². The van der Waals surface area contributed by atoms with Gasteiger partial charge in [-0.05, 0) is 66.2 Å². The standard InChI is InChI=1S/C20H19ClN2O2/c21-16-4-2-1-3-14(16)20-19-12-6-5-11(9-12)18(19)15-10-13(23(24)25)7-8-17(15)22-20/h1-4,7-8,10-12,18-20,22H,5-6,9H2/t11-,12-,18-,19+,20+/m0/s1. The van der Waals surface area contributed by atoms with Crippen LogP contribution in [0.1, 0.15) is 42.3 Å². The van der Waals surface area contributed by atoms with Gasteiger partial charge in [-0.3, -0.25) is 10.1 Å². The van der Waals surface area contributed by atoms with E-state index >= 15 is 0 Å². The molecule has 1 heterocycles. The lowest BCUT2D eigenvalue weighted by molar-refractivity contribution is -0.384. The topological polar surface area (TPSA) is 55.2 Å². The summed E-state index contributed by atoms with van der Waals surface area (Å²) in [5.41, 5.74) is 3.51. The van der Waals surface area contributed by atoms with Gasteiger partial charge in [0.1, 0.15) is 0 Å². The Labute approximate surface area is 151 Å². The van der Waals surface area contributed by atoms with E-state index < -0.39 is 0 Å². The van der Waals surface area contributed by atoms with Gasteiger partial charge >= 0.3 is 0 Å². The number of hydrogen-bond donors (Lipinski definition) is 1. The lowest BCUT2D eigenvalue weighted by Gasteiger charge is -2.43. The highest BCUT2D eigenvalue weighted by Gasteiger charge is 2.54. The van der Waals surface area contributed by atoms with E-state index in [1.165, 1.54) is 19.3 Å². The molecule has 0 unspecified atom stereocenters. The summed E-state index contributed by atoms with van der Waals surface area (Å²) in [6, 6.07) is 13.5. The fourth-order valence-corrected chi connectivity index (χ4v) is 5.88. The molecule has 128 valence electrons. The number of fused-ring (bicyclic) bond motifs is 7. The number of benzene rings is 2. The maximum Gasteiger partial charge on any atom is 0.269 e. The van der Waals surface area contributed by atoms with Crippen molar-refractivity contribution in [1.82, 2.24) is 0 Å². The zero-order valence-electron chi connectivity index (χ0n) is 13.7. The van der Waals surface area contributed by atoms with Crippen LogP contribution in [-0.2, 0) is 0 Å².